The maximum absolute atomic E-state index is 12.5. The molecule has 5 nitrogen and oxygen atoms in total. The molecule has 0 aliphatic heterocycles. The third-order valence-electron chi connectivity index (χ3n) is 2.83. The fraction of sp³-hybridized carbons (Fsp3) is 0.214. The van der Waals surface area contributed by atoms with Crippen LogP contribution in [0.3, 0.4) is 0 Å². The highest BCUT2D eigenvalue weighted by Crippen LogP contribution is 2.32. The van der Waals surface area contributed by atoms with Crippen LogP contribution in [0.1, 0.15) is 17.3 Å². The third kappa shape index (κ3) is 3.55. The largest absolute Gasteiger partial charge is 0.534 e. The van der Waals surface area contributed by atoms with Crippen LogP contribution >= 0.6 is 0 Å². The molecule has 0 bridgehead atoms. The predicted octanol–water partition coefficient (Wildman–Crippen LogP) is 3.24. The summed E-state index contributed by atoms with van der Waals surface area (Å²) >= 11 is 0. The summed E-state index contributed by atoms with van der Waals surface area (Å²) in [7, 11) is -5.90. The van der Waals surface area contributed by atoms with E-state index in [2.05, 4.69) is 4.18 Å². The Labute approximate surface area is 129 Å². The first-order valence-corrected chi connectivity index (χ1v) is 7.77. The van der Waals surface area contributed by atoms with Crippen LogP contribution in [-0.4, -0.2) is 26.5 Å². The standard InChI is InChI=1S/C14H11F3O5S/c1-2-21-13(18)11-7-9-5-3-4-6-10(9)8-12(11)22-23(19,20)14(15,16)17/h3-8H,2H2,1H3. The molecule has 0 unspecified atom stereocenters. The zero-order chi connectivity index (χ0) is 17.3. The number of alkyl halides is 3. The van der Waals surface area contributed by atoms with Crippen LogP contribution < -0.4 is 4.18 Å². The molecule has 0 saturated carbocycles. The molecule has 0 saturated heterocycles. The molecule has 0 aromatic heterocycles. The van der Waals surface area contributed by atoms with Gasteiger partial charge in [-0.15, -0.1) is 0 Å². The van der Waals surface area contributed by atoms with Gasteiger partial charge in [-0.25, -0.2) is 4.79 Å². The molecule has 124 valence electrons. The number of rotatable bonds is 4. The number of fused-ring (bicyclic) bond motifs is 1. The van der Waals surface area contributed by atoms with Crippen molar-refractivity contribution in [2.45, 2.75) is 12.4 Å². The minimum absolute atomic E-state index is 0.0306. The molecular formula is C14H11F3O5S. The van der Waals surface area contributed by atoms with Crippen molar-refractivity contribution in [2.75, 3.05) is 6.61 Å². The molecule has 0 amide bonds. The molecule has 2 rings (SSSR count). The highest BCUT2D eigenvalue weighted by molar-refractivity contribution is 7.88. The second-order valence-electron chi connectivity index (χ2n) is 4.40. The van der Waals surface area contributed by atoms with E-state index in [1.165, 1.54) is 19.1 Å². The van der Waals surface area contributed by atoms with Crippen molar-refractivity contribution in [2.24, 2.45) is 0 Å². The zero-order valence-corrected chi connectivity index (χ0v) is 12.6. The average molecular weight is 348 g/mol. The SMILES string of the molecule is CCOC(=O)c1cc2ccccc2cc1OS(=O)(=O)C(F)(F)F. The van der Waals surface area contributed by atoms with Crippen molar-refractivity contribution in [3.8, 4) is 5.75 Å². The Morgan fingerprint density at radius 2 is 1.70 bits per heavy atom. The van der Waals surface area contributed by atoms with Gasteiger partial charge in [0.25, 0.3) is 0 Å². The summed E-state index contributed by atoms with van der Waals surface area (Å²) in [5.74, 6) is -1.72. The summed E-state index contributed by atoms with van der Waals surface area (Å²) in [6.07, 6.45) is 0. The van der Waals surface area contributed by atoms with E-state index in [9.17, 15) is 26.4 Å². The Kier molecular flexibility index (Phi) is 4.51. The van der Waals surface area contributed by atoms with Gasteiger partial charge in [0.2, 0.25) is 0 Å². The molecule has 0 aliphatic rings. The van der Waals surface area contributed by atoms with Crippen molar-refractivity contribution in [1.29, 1.82) is 0 Å². The van der Waals surface area contributed by atoms with E-state index in [4.69, 9.17) is 4.74 Å². The van der Waals surface area contributed by atoms with Crippen LogP contribution in [-0.2, 0) is 14.9 Å². The van der Waals surface area contributed by atoms with E-state index < -0.39 is 32.9 Å². The lowest BCUT2D eigenvalue weighted by atomic mass is 10.1. The van der Waals surface area contributed by atoms with Crippen LogP contribution in [0.25, 0.3) is 10.8 Å². The number of halogens is 3. The molecule has 2 aromatic rings. The lowest BCUT2D eigenvalue weighted by Crippen LogP contribution is -2.28. The third-order valence-corrected chi connectivity index (χ3v) is 3.79. The minimum Gasteiger partial charge on any atom is -0.462 e. The number of carbonyl (C=O) groups excluding carboxylic acids is 1. The number of carbonyl (C=O) groups is 1. The van der Waals surface area contributed by atoms with Crippen molar-refractivity contribution in [1.82, 2.24) is 0 Å². The number of hydrogen-bond acceptors (Lipinski definition) is 5. The highest BCUT2D eigenvalue weighted by atomic mass is 32.2. The molecular weight excluding hydrogens is 337 g/mol. The molecule has 0 atom stereocenters. The lowest BCUT2D eigenvalue weighted by molar-refractivity contribution is -0.0500. The fourth-order valence-corrected chi connectivity index (χ4v) is 2.29. The van der Waals surface area contributed by atoms with Gasteiger partial charge in [0, 0.05) is 0 Å². The first-order valence-electron chi connectivity index (χ1n) is 6.36. The van der Waals surface area contributed by atoms with Gasteiger partial charge in [0.15, 0.2) is 5.75 Å². The maximum Gasteiger partial charge on any atom is 0.534 e. The van der Waals surface area contributed by atoms with E-state index in [-0.39, 0.29) is 6.61 Å². The minimum atomic E-state index is -5.90. The molecule has 0 aliphatic carbocycles. The van der Waals surface area contributed by atoms with Crippen LogP contribution in [0.15, 0.2) is 36.4 Å². The fourth-order valence-electron chi connectivity index (χ4n) is 1.82. The molecule has 0 heterocycles. The summed E-state index contributed by atoms with van der Waals surface area (Å²) in [4.78, 5) is 11.9. The number of hydrogen-bond donors (Lipinski definition) is 0. The number of esters is 1. The number of ether oxygens (including phenoxy) is 1. The van der Waals surface area contributed by atoms with E-state index in [1.54, 1.807) is 18.2 Å². The average Bonchev–Trinajstić information content (AvgIpc) is 2.45. The first-order chi connectivity index (χ1) is 10.7. The summed E-state index contributed by atoms with van der Waals surface area (Å²) in [6.45, 7) is 1.48. The Bertz CT molecular complexity index is 843. The van der Waals surface area contributed by atoms with Gasteiger partial charge in [0.05, 0.1) is 6.61 Å². The van der Waals surface area contributed by atoms with Gasteiger partial charge < -0.3 is 8.92 Å². The second kappa shape index (κ2) is 6.07. The summed E-state index contributed by atoms with van der Waals surface area (Å²) in [5, 5.41) is 0.931. The zero-order valence-electron chi connectivity index (χ0n) is 11.8. The van der Waals surface area contributed by atoms with Crippen LogP contribution in [0.5, 0.6) is 5.75 Å². The molecule has 2 aromatic carbocycles. The van der Waals surface area contributed by atoms with Crippen molar-refractivity contribution >= 4 is 26.9 Å². The smallest absolute Gasteiger partial charge is 0.462 e. The van der Waals surface area contributed by atoms with Crippen molar-refractivity contribution in [3.63, 3.8) is 0 Å². The highest BCUT2D eigenvalue weighted by Gasteiger charge is 2.49. The molecule has 9 heteroatoms. The summed E-state index contributed by atoms with van der Waals surface area (Å²) < 4.78 is 68.7. The molecule has 0 fully saturated rings. The van der Waals surface area contributed by atoms with Gasteiger partial charge >= 0.3 is 21.6 Å². The van der Waals surface area contributed by atoms with Crippen LogP contribution in [0.2, 0.25) is 0 Å². The van der Waals surface area contributed by atoms with E-state index in [1.807, 2.05) is 0 Å². The topological polar surface area (TPSA) is 69.7 Å². The maximum atomic E-state index is 12.5. The van der Waals surface area contributed by atoms with E-state index in [0.717, 1.165) is 6.07 Å². The Morgan fingerprint density at radius 3 is 2.22 bits per heavy atom. The summed E-state index contributed by atoms with van der Waals surface area (Å²) in [6, 6.07) is 8.68. The molecule has 0 N–H and O–H groups in total. The van der Waals surface area contributed by atoms with Gasteiger partial charge in [-0.05, 0) is 29.8 Å². The monoisotopic (exact) mass is 348 g/mol. The molecule has 23 heavy (non-hydrogen) atoms. The Morgan fingerprint density at radius 1 is 1.13 bits per heavy atom. The van der Waals surface area contributed by atoms with E-state index >= 15 is 0 Å². The van der Waals surface area contributed by atoms with Gasteiger partial charge in [0.1, 0.15) is 5.56 Å². The van der Waals surface area contributed by atoms with Gasteiger partial charge in [-0.3, -0.25) is 0 Å². The lowest BCUT2D eigenvalue weighted by Gasteiger charge is -2.13. The van der Waals surface area contributed by atoms with Gasteiger partial charge in [-0.2, -0.15) is 21.6 Å². The van der Waals surface area contributed by atoms with E-state index in [0.29, 0.717) is 10.8 Å². The first kappa shape index (κ1) is 17.1. The Balaban J connectivity index is 2.60. The van der Waals surface area contributed by atoms with Crippen molar-refractivity contribution < 1.29 is 35.3 Å². The quantitative estimate of drug-likeness (QED) is 0.482. The van der Waals surface area contributed by atoms with Crippen molar-refractivity contribution in [3.05, 3.63) is 42.0 Å². The van der Waals surface area contributed by atoms with Crippen LogP contribution in [0, 0.1) is 0 Å². The van der Waals surface area contributed by atoms with Gasteiger partial charge in [-0.1, -0.05) is 24.3 Å². The Hall–Kier alpha value is -2.29. The summed E-state index contributed by atoms with van der Waals surface area (Å²) in [5.41, 5.74) is -6.01. The number of benzene rings is 2. The normalized spacial score (nSPS) is 12.2. The van der Waals surface area contributed by atoms with Crippen LogP contribution in [0.4, 0.5) is 13.2 Å². The second-order valence-corrected chi connectivity index (χ2v) is 5.94. The predicted molar refractivity (Wildman–Crippen MR) is 75.5 cm³/mol. The molecule has 0 spiro atoms. The molecule has 0 radical (unpaired) electrons.